The van der Waals surface area contributed by atoms with Gasteiger partial charge in [0.05, 0.1) is 13.2 Å². The molecule has 1 N–H and O–H groups in total. The molecule has 1 rings (SSSR count). The van der Waals surface area contributed by atoms with Crippen LogP contribution in [0.15, 0.2) is 36.9 Å². The number of methoxy groups -OCH3 is 1. The third-order valence-electron chi connectivity index (χ3n) is 3.06. The zero-order valence-electron chi connectivity index (χ0n) is 12.6. The van der Waals surface area contributed by atoms with E-state index in [4.69, 9.17) is 9.47 Å². The molecule has 0 fully saturated rings. The SMILES string of the molecule is C=CCCCCCOc1ccc(CNCCOC)cc1. The van der Waals surface area contributed by atoms with Crippen LogP contribution in [0.4, 0.5) is 0 Å². The number of nitrogens with one attached hydrogen (secondary N) is 1. The molecule has 0 heterocycles. The average molecular weight is 277 g/mol. The van der Waals surface area contributed by atoms with Crippen LogP contribution >= 0.6 is 0 Å². The van der Waals surface area contributed by atoms with E-state index in [0.29, 0.717) is 0 Å². The first kappa shape index (κ1) is 16.7. The van der Waals surface area contributed by atoms with Gasteiger partial charge in [0.25, 0.3) is 0 Å². The number of allylic oxidation sites excluding steroid dienone is 1. The predicted octanol–water partition coefficient (Wildman–Crippen LogP) is 3.55. The van der Waals surface area contributed by atoms with E-state index in [1.165, 1.54) is 18.4 Å². The summed E-state index contributed by atoms with van der Waals surface area (Å²) in [5, 5.41) is 3.32. The number of ether oxygens (including phenoxy) is 2. The summed E-state index contributed by atoms with van der Waals surface area (Å²) in [5.41, 5.74) is 1.26. The van der Waals surface area contributed by atoms with Crippen molar-refractivity contribution < 1.29 is 9.47 Å². The first-order valence-electron chi connectivity index (χ1n) is 7.39. The Kier molecular flexibility index (Phi) is 9.62. The van der Waals surface area contributed by atoms with Crippen molar-refractivity contribution in [2.45, 2.75) is 32.2 Å². The summed E-state index contributed by atoms with van der Waals surface area (Å²) in [5.74, 6) is 0.953. The Bertz CT molecular complexity index is 349. The molecule has 1 aromatic carbocycles. The summed E-state index contributed by atoms with van der Waals surface area (Å²) in [6.07, 6.45) is 6.59. The lowest BCUT2D eigenvalue weighted by molar-refractivity contribution is 0.199. The number of rotatable bonds is 12. The molecule has 0 atom stereocenters. The van der Waals surface area contributed by atoms with Gasteiger partial charge >= 0.3 is 0 Å². The maximum atomic E-state index is 5.72. The highest BCUT2D eigenvalue weighted by atomic mass is 16.5. The molecule has 0 aliphatic heterocycles. The molecule has 0 spiro atoms. The molecule has 20 heavy (non-hydrogen) atoms. The van der Waals surface area contributed by atoms with Crippen LogP contribution in [0.1, 0.15) is 31.2 Å². The molecule has 0 saturated heterocycles. The van der Waals surface area contributed by atoms with Gasteiger partial charge in [-0.25, -0.2) is 0 Å². The van der Waals surface area contributed by atoms with Crippen molar-refractivity contribution in [1.82, 2.24) is 5.32 Å². The Balaban J connectivity index is 2.13. The lowest BCUT2D eigenvalue weighted by Gasteiger charge is -2.08. The average Bonchev–Trinajstić information content (AvgIpc) is 2.49. The fourth-order valence-electron chi connectivity index (χ4n) is 1.87. The third kappa shape index (κ3) is 7.97. The Hall–Kier alpha value is -1.32. The molecule has 0 unspecified atom stereocenters. The minimum atomic E-state index is 0.743. The van der Waals surface area contributed by atoms with E-state index in [-0.39, 0.29) is 0 Å². The molecule has 0 saturated carbocycles. The number of hydrogen-bond donors (Lipinski definition) is 1. The van der Waals surface area contributed by atoms with Gasteiger partial charge in [0.15, 0.2) is 0 Å². The van der Waals surface area contributed by atoms with E-state index >= 15 is 0 Å². The van der Waals surface area contributed by atoms with Crippen LogP contribution in [-0.4, -0.2) is 26.9 Å². The van der Waals surface area contributed by atoms with Crippen molar-refractivity contribution in [3.05, 3.63) is 42.5 Å². The number of unbranched alkanes of at least 4 members (excludes halogenated alkanes) is 3. The minimum absolute atomic E-state index is 0.743. The Morgan fingerprint density at radius 3 is 2.60 bits per heavy atom. The fourth-order valence-corrected chi connectivity index (χ4v) is 1.87. The molecular formula is C17H27NO2. The maximum Gasteiger partial charge on any atom is 0.119 e. The standard InChI is InChI=1S/C17H27NO2/c1-3-4-5-6-7-13-20-17-10-8-16(9-11-17)15-18-12-14-19-2/h3,8-11,18H,1,4-7,12-15H2,2H3. The summed E-state index contributed by atoms with van der Waals surface area (Å²) >= 11 is 0. The molecule has 0 bridgehead atoms. The first-order valence-corrected chi connectivity index (χ1v) is 7.39. The summed E-state index contributed by atoms with van der Waals surface area (Å²) < 4.78 is 10.7. The fraction of sp³-hybridized carbons (Fsp3) is 0.529. The van der Waals surface area contributed by atoms with Gasteiger partial charge in [0.1, 0.15) is 5.75 Å². The van der Waals surface area contributed by atoms with E-state index in [2.05, 4.69) is 24.0 Å². The van der Waals surface area contributed by atoms with E-state index in [1.54, 1.807) is 7.11 Å². The summed E-state index contributed by atoms with van der Waals surface area (Å²) in [7, 11) is 1.71. The first-order chi connectivity index (χ1) is 9.86. The lowest BCUT2D eigenvalue weighted by Crippen LogP contribution is -2.18. The zero-order chi connectivity index (χ0) is 14.5. The van der Waals surface area contributed by atoms with Crippen LogP contribution in [0.3, 0.4) is 0 Å². The van der Waals surface area contributed by atoms with Gasteiger partial charge in [-0.1, -0.05) is 18.2 Å². The molecule has 0 aliphatic rings. The van der Waals surface area contributed by atoms with Gasteiger partial charge in [-0.2, -0.15) is 0 Å². The third-order valence-corrected chi connectivity index (χ3v) is 3.06. The molecule has 0 aliphatic carbocycles. The normalized spacial score (nSPS) is 10.4. The highest BCUT2D eigenvalue weighted by molar-refractivity contribution is 5.27. The quantitative estimate of drug-likeness (QED) is 0.468. The van der Waals surface area contributed by atoms with Crippen LogP contribution < -0.4 is 10.1 Å². The predicted molar refractivity (Wildman–Crippen MR) is 84.2 cm³/mol. The second kappa shape index (κ2) is 11.5. The lowest BCUT2D eigenvalue weighted by atomic mass is 10.2. The molecule has 0 radical (unpaired) electrons. The number of hydrogen-bond acceptors (Lipinski definition) is 3. The highest BCUT2D eigenvalue weighted by Crippen LogP contribution is 2.13. The second-order valence-electron chi connectivity index (χ2n) is 4.80. The van der Waals surface area contributed by atoms with Crippen molar-refractivity contribution >= 4 is 0 Å². The number of benzene rings is 1. The molecule has 3 heteroatoms. The monoisotopic (exact) mass is 277 g/mol. The Labute approximate surface area is 123 Å². The van der Waals surface area contributed by atoms with Crippen molar-refractivity contribution in [3.63, 3.8) is 0 Å². The van der Waals surface area contributed by atoms with Crippen LogP contribution in [0.25, 0.3) is 0 Å². The van der Waals surface area contributed by atoms with Crippen molar-refractivity contribution in [2.75, 3.05) is 26.9 Å². The van der Waals surface area contributed by atoms with Crippen molar-refractivity contribution in [2.24, 2.45) is 0 Å². The largest absolute Gasteiger partial charge is 0.494 e. The molecule has 112 valence electrons. The summed E-state index contributed by atoms with van der Waals surface area (Å²) in [6, 6.07) is 8.29. The summed E-state index contributed by atoms with van der Waals surface area (Å²) in [6.45, 7) is 7.00. The minimum Gasteiger partial charge on any atom is -0.494 e. The summed E-state index contributed by atoms with van der Waals surface area (Å²) in [4.78, 5) is 0. The van der Waals surface area contributed by atoms with Crippen LogP contribution in [-0.2, 0) is 11.3 Å². The van der Waals surface area contributed by atoms with E-state index in [9.17, 15) is 0 Å². The topological polar surface area (TPSA) is 30.5 Å². The van der Waals surface area contributed by atoms with Gasteiger partial charge in [-0.05, 0) is 43.4 Å². The van der Waals surface area contributed by atoms with E-state index in [1.807, 2.05) is 18.2 Å². The van der Waals surface area contributed by atoms with Crippen molar-refractivity contribution in [1.29, 1.82) is 0 Å². The zero-order valence-corrected chi connectivity index (χ0v) is 12.6. The van der Waals surface area contributed by atoms with Crippen LogP contribution in [0, 0.1) is 0 Å². The molecule has 0 amide bonds. The van der Waals surface area contributed by atoms with E-state index < -0.39 is 0 Å². The molecular weight excluding hydrogens is 250 g/mol. The maximum absolute atomic E-state index is 5.72. The second-order valence-corrected chi connectivity index (χ2v) is 4.80. The van der Waals surface area contributed by atoms with Gasteiger partial charge < -0.3 is 14.8 Å². The van der Waals surface area contributed by atoms with Crippen LogP contribution in [0.2, 0.25) is 0 Å². The molecule has 0 aromatic heterocycles. The molecule has 1 aromatic rings. The molecule has 3 nitrogen and oxygen atoms in total. The van der Waals surface area contributed by atoms with Gasteiger partial charge in [-0.15, -0.1) is 6.58 Å². The highest BCUT2D eigenvalue weighted by Gasteiger charge is 1.96. The Morgan fingerprint density at radius 1 is 1.10 bits per heavy atom. The van der Waals surface area contributed by atoms with Gasteiger partial charge in [0.2, 0.25) is 0 Å². The van der Waals surface area contributed by atoms with Crippen molar-refractivity contribution in [3.8, 4) is 5.75 Å². The smallest absolute Gasteiger partial charge is 0.119 e. The van der Waals surface area contributed by atoms with Gasteiger partial charge in [0, 0.05) is 20.2 Å². The Morgan fingerprint density at radius 2 is 1.90 bits per heavy atom. The van der Waals surface area contributed by atoms with Gasteiger partial charge in [-0.3, -0.25) is 0 Å². The van der Waals surface area contributed by atoms with E-state index in [0.717, 1.165) is 44.9 Å². The van der Waals surface area contributed by atoms with Crippen LogP contribution in [0.5, 0.6) is 5.75 Å².